The molecule has 2 aromatic rings. The maximum Gasteiger partial charge on any atom is 0.274 e. The third-order valence-corrected chi connectivity index (χ3v) is 3.45. The monoisotopic (exact) mass is 312 g/mol. The first-order valence-electron chi connectivity index (χ1n) is 8.10. The minimum absolute atomic E-state index is 0.0525. The van der Waals surface area contributed by atoms with Gasteiger partial charge in [-0.25, -0.2) is 0 Å². The molecule has 5 nitrogen and oxygen atoms in total. The molecule has 1 aromatic carbocycles. The lowest BCUT2D eigenvalue weighted by molar-refractivity contribution is 0.0748. The average Bonchev–Trinajstić information content (AvgIpc) is 2.55. The Morgan fingerprint density at radius 1 is 1.09 bits per heavy atom. The smallest absolute Gasteiger partial charge is 0.274 e. The van der Waals surface area contributed by atoms with Gasteiger partial charge in [-0.1, -0.05) is 26.0 Å². The first-order valence-corrected chi connectivity index (χ1v) is 8.10. The number of benzene rings is 1. The fourth-order valence-electron chi connectivity index (χ4n) is 2.40. The van der Waals surface area contributed by atoms with Gasteiger partial charge in [-0.05, 0) is 49.6 Å². The van der Waals surface area contributed by atoms with Crippen molar-refractivity contribution in [2.45, 2.75) is 33.6 Å². The van der Waals surface area contributed by atoms with Crippen LogP contribution >= 0.6 is 0 Å². The number of aryl methyl sites for hydroxylation is 1. The number of carbonyl (C=O) groups is 1. The molecule has 0 atom stereocenters. The molecule has 122 valence electrons. The molecule has 0 fully saturated rings. The third kappa shape index (κ3) is 4.77. The van der Waals surface area contributed by atoms with E-state index in [9.17, 15) is 4.79 Å². The highest BCUT2D eigenvalue weighted by Crippen LogP contribution is 2.15. The summed E-state index contributed by atoms with van der Waals surface area (Å²) in [6.07, 6.45) is 1.87. The molecule has 5 heteroatoms. The van der Waals surface area contributed by atoms with Crippen LogP contribution < -0.4 is 5.32 Å². The molecule has 0 radical (unpaired) electrons. The fraction of sp³-hybridized carbons (Fsp3) is 0.389. The van der Waals surface area contributed by atoms with Crippen molar-refractivity contribution in [2.75, 3.05) is 18.4 Å². The Labute approximate surface area is 137 Å². The zero-order valence-corrected chi connectivity index (χ0v) is 14.0. The first kappa shape index (κ1) is 16.9. The molecule has 1 aromatic heterocycles. The van der Waals surface area contributed by atoms with Crippen molar-refractivity contribution >= 4 is 17.4 Å². The second kappa shape index (κ2) is 8.27. The zero-order valence-electron chi connectivity index (χ0n) is 14.0. The number of nitrogens with one attached hydrogen (secondary N) is 1. The van der Waals surface area contributed by atoms with Crippen LogP contribution in [-0.4, -0.2) is 34.1 Å². The number of rotatable bonds is 7. The standard InChI is InChI=1S/C18H24N4O/c1-4-11-22(12-5-2)18(23)16-9-10-17(21-20-16)19-15-8-6-7-14(3)13-15/h6-10,13H,4-5,11-12H2,1-3H3,(H,19,21). The van der Waals surface area contributed by atoms with E-state index in [0.29, 0.717) is 11.5 Å². The van der Waals surface area contributed by atoms with Crippen LogP contribution in [0.5, 0.6) is 0 Å². The molecule has 2 rings (SSSR count). The zero-order chi connectivity index (χ0) is 16.7. The Kier molecular flexibility index (Phi) is 6.09. The van der Waals surface area contributed by atoms with E-state index in [1.165, 1.54) is 5.56 Å². The summed E-state index contributed by atoms with van der Waals surface area (Å²) in [5.41, 5.74) is 2.52. The normalized spacial score (nSPS) is 10.4. The van der Waals surface area contributed by atoms with Gasteiger partial charge in [-0.3, -0.25) is 4.79 Å². The lowest BCUT2D eigenvalue weighted by Gasteiger charge is -2.20. The topological polar surface area (TPSA) is 58.1 Å². The number of aromatic nitrogens is 2. The SMILES string of the molecule is CCCN(CCC)C(=O)c1ccc(Nc2cccc(C)c2)nn1. The molecular weight excluding hydrogens is 288 g/mol. The Hall–Kier alpha value is -2.43. The van der Waals surface area contributed by atoms with Crippen molar-refractivity contribution in [2.24, 2.45) is 0 Å². The van der Waals surface area contributed by atoms with E-state index in [2.05, 4.69) is 29.4 Å². The number of carbonyl (C=O) groups excluding carboxylic acids is 1. The van der Waals surface area contributed by atoms with Gasteiger partial charge >= 0.3 is 0 Å². The van der Waals surface area contributed by atoms with Gasteiger partial charge < -0.3 is 10.2 Å². The lowest BCUT2D eigenvalue weighted by Crippen LogP contribution is -2.33. The molecule has 23 heavy (non-hydrogen) atoms. The van der Waals surface area contributed by atoms with Crippen molar-refractivity contribution in [1.82, 2.24) is 15.1 Å². The van der Waals surface area contributed by atoms with Gasteiger partial charge in [0.15, 0.2) is 11.5 Å². The molecule has 0 aliphatic rings. The number of anilines is 2. The van der Waals surface area contributed by atoms with Gasteiger partial charge in [0.1, 0.15) is 0 Å². The molecule has 0 bridgehead atoms. The summed E-state index contributed by atoms with van der Waals surface area (Å²) in [6.45, 7) is 7.66. The highest BCUT2D eigenvalue weighted by molar-refractivity contribution is 5.92. The fourth-order valence-corrected chi connectivity index (χ4v) is 2.40. The predicted octanol–water partition coefficient (Wildman–Crippen LogP) is 3.79. The Bertz CT molecular complexity index is 634. The molecule has 0 aliphatic heterocycles. The highest BCUT2D eigenvalue weighted by Gasteiger charge is 2.16. The molecule has 1 heterocycles. The minimum atomic E-state index is -0.0525. The van der Waals surface area contributed by atoms with E-state index in [4.69, 9.17) is 0 Å². The van der Waals surface area contributed by atoms with Crippen LogP contribution in [0.2, 0.25) is 0 Å². The molecule has 0 aliphatic carbocycles. The summed E-state index contributed by atoms with van der Waals surface area (Å²) in [5.74, 6) is 0.577. The van der Waals surface area contributed by atoms with E-state index in [-0.39, 0.29) is 5.91 Å². The second-order valence-corrected chi connectivity index (χ2v) is 5.59. The van der Waals surface area contributed by atoms with Crippen molar-refractivity contribution in [3.05, 3.63) is 47.7 Å². The molecule has 0 spiro atoms. The van der Waals surface area contributed by atoms with Crippen LogP contribution in [0, 0.1) is 6.92 Å². The molecule has 0 unspecified atom stereocenters. The van der Waals surface area contributed by atoms with Crippen molar-refractivity contribution < 1.29 is 4.79 Å². The number of amides is 1. The molecule has 1 N–H and O–H groups in total. The van der Waals surface area contributed by atoms with E-state index in [1.807, 2.05) is 36.1 Å². The quantitative estimate of drug-likeness (QED) is 0.845. The largest absolute Gasteiger partial charge is 0.339 e. The van der Waals surface area contributed by atoms with Crippen LogP contribution in [0.1, 0.15) is 42.7 Å². The first-order chi connectivity index (χ1) is 11.1. The Balaban J connectivity index is 2.07. The number of nitrogens with zero attached hydrogens (tertiary/aromatic N) is 3. The summed E-state index contributed by atoms with van der Waals surface area (Å²) < 4.78 is 0. The van der Waals surface area contributed by atoms with Gasteiger partial charge in [0.05, 0.1) is 0 Å². The number of hydrogen-bond acceptors (Lipinski definition) is 4. The third-order valence-electron chi connectivity index (χ3n) is 3.45. The van der Waals surface area contributed by atoms with E-state index in [0.717, 1.165) is 31.6 Å². The van der Waals surface area contributed by atoms with Crippen LogP contribution in [0.3, 0.4) is 0 Å². The van der Waals surface area contributed by atoms with Gasteiger partial charge in [0.2, 0.25) is 0 Å². The van der Waals surface area contributed by atoms with Gasteiger partial charge in [0, 0.05) is 18.8 Å². The Morgan fingerprint density at radius 3 is 2.39 bits per heavy atom. The maximum absolute atomic E-state index is 12.4. The van der Waals surface area contributed by atoms with Crippen LogP contribution in [0.4, 0.5) is 11.5 Å². The van der Waals surface area contributed by atoms with Crippen molar-refractivity contribution in [3.8, 4) is 0 Å². The van der Waals surface area contributed by atoms with E-state index in [1.54, 1.807) is 12.1 Å². The lowest BCUT2D eigenvalue weighted by atomic mass is 10.2. The van der Waals surface area contributed by atoms with Crippen molar-refractivity contribution in [3.63, 3.8) is 0 Å². The summed E-state index contributed by atoms with van der Waals surface area (Å²) >= 11 is 0. The molecule has 1 amide bonds. The van der Waals surface area contributed by atoms with E-state index >= 15 is 0 Å². The summed E-state index contributed by atoms with van der Waals surface area (Å²) in [6, 6.07) is 11.5. The van der Waals surface area contributed by atoms with Gasteiger partial charge in [-0.15, -0.1) is 10.2 Å². The molecule has 0 saturated carbocycles. The molecular formula is C18H24N4O. The number of hydrogen-bond donors (Lipinski definition) is 1. The maximum atomic E-state index is 12.4. The summed E-state index contributed by atoms with van der Waals surface area (Å²) in [5, 5.41) is 11.4. The van der Waals surface area contributed by atoms with Crippen LogP contribution in [0.15, 0.2) is 36.4 Å². The van der Waals surface area contributed by atoms with Crippen LogP contribution in [0.25, 0.3) is 0 Å². The van der Waals surface area contributed by atoms with Gasteiger partial charge in [0.25, 0.3) is 5.91 Å². The van der Waals surface area contributed by atoms with Crippen molar-refractivity contribution in [1.29, 1.82) is 0 Å². The van der Waals surface area contributed by atoms with Gasteiger partial charge in [-0.2, -0.15) is 0 Å². The Morgan fingerprint density at radius 2 is 1.83 bits per heavy atom. The summed E-state index contributed by atoms with van der Waals surface area (Å²) in [7, 11) is 0. The minimum Gasteiger partial charge on any atom is -0.339 e. The predicted molar refractivity (Wildman–Crippen MR) is 93.0 cm³/mol. The van der Waals surface area contributed by atoms with Crippen LogP contribution in [-0.2, 0) is 0 Å². The summed E-state index contributed by atoms with van der Waals surface area (Å²) in [4.78, 5) is 14.3. The average molecular weight is 312 g/mol. The second-order valence-electron chi connectivity index (χ2n) is 5.59. The molecule has 0 saturated heterocycles. The highest BCUT2D eigenvalue weighted by atomic mass is 16.2. The van der Waals surface area contributed by atoms with E-state index < -0.39 is 0 Å².